The van der Waals surface area contributed by atoms with Crippen molar-refractivity contribution in [2.24, 2.45) is 5.41 Å². The number of carbonyl (C=O) groups excluding carboxylic acids is 1. The molecule has 20 heavy (non-hydrogen) atoms. The number of aryl methyl sites for hydroxylation is 1. The van der Waals surface area contributed by atoms with Gasteiger partial charge in [0.15, 0.2) is 0 Å². The molecule has 6 heteroatoms. The molecule has 2 heterocycles. The van der Waals surface area contributed by atoms with Crippen LogP contribution >= 0.6 is 0 Å². The maximum absolute atomic E-state index is 13.0. The molecule has 1 aliphatic heterocycles. The van der Waals surface area contributed by atoms with Gasteiger partial charge in [0.25, 0.3) is 12.3 Å². The summed E-state index contributed by atoms with van der Waals surface area (Å²) >= 11 is 0. The second-order valence-electron chi connectivity index (χ2n) is 5.52. The van der Waals surface area contributed by atoms with Crippen LogP contribution in [0.25, 0.3) is 0 Å². The van der Waals surface area contributed by atoms with Crippen LogP contribution in [-0.4, -0.2) is 29.0 Å². The first-order valence-electron chi connectivity index (χ1n) is 6.51. The number of carbonyl (C=O) groups is 1. The number of hydrogen-bond acceptors (Lipinski definition) is 3. The zero-order valence-electron chi connectivity index (χ0n) is 11.8. The van der Waals surface area contributed by atoms with E-state index in [4.69, 9.17) is 4.84 Å². The van der Waals surface area contributed by atoms with Gasteiger partial charge in [-0.05, 0) is 32.4 Å². The number of amides is 1. The van der Waals surface area contributed by atoms with Gasteiger partial charge >= 0.3 is 0 Å². The first-order valence-corrected chi connectivity index (χ1v) is 6.51. The molecule has 0 aliphatic carbocycles. The van der Waals surface area contributed by atoms with Crippen molar-refractivity contribution >= 4 is 5.91 Å². The molecule has 1 amide bonds. The normalized spacial score (nSPS) is 19.7. The number of hydrogen-bond donors (Lipinski definition) is 0. The van der Waals surface area contributed by atoms with E-state index in [1.807, 2.05) is 19.1 Å². The third kappa shape index (κ3) is 2.65. The van der Waals surface area contributed by atoms with Crippen molar-refractivity contribution in [1.29, 1.82) is 0 Å². The van der Waals surface area contributed by atoms with Gasteiger partial charge in [-0.3, -0.25) is 14.6 Å². The highest BCUT2D eigenvalue weighted by Gasteiger charge is 2.45. The quantitative estimate of drug-likeness (QED) is 0.857. The van der Waals surface area contributed by atoms with Gasteiger partial charge in [0, 0.05) is 18.3 Å². The lowest BCUT2D eigenvalue weighted by atomic mass is 9.92. The molecule has 0 spiro atoms. The number of aromatic nitrogens is 1. The number of nitrogens with zero attached hydrogens (tertiary/aromatic N) is 2. The van der Waals surface area contributed by atoms with Crippen molar-refractivity contribution in [1.82, 2.24) is 10.0 Å². The van der Waals surface area contributed by atoms with Gasteiger partial charge in [-0.1, -0.05) is 6.07 Å². The minimum Gasteiger partial charge on any atom is -0.272 e. The van der Waals surface area contributed by atoms with Crippen LogP contribution in [0.15, 0.2) is 18.3 Å². The van der Waals surface area contributed by atoms with E-state index in [0.29, 0.717) is 13.0 Å². The fourth-order valence-corrected chi connectivity index (χ4v) is 2.03. The van der Waals surface area contributed by atoms with Crippen LogP contribution < -0.4 is 0 Å². The van der Waals surface area contributed by atoms with Crippen molar-refractivity contribution in [3.05, 3.63) is 29.6 Å². The second kappa shape index (κ2) is 5.44. The average Bonchev–Trinajstić information content (AvgIpc) is 2.87. The van der Waals surface area contributed by atoms with Crippen LogP contribution in [0.3, 0.4) is 0 Å². The molecule has 1 aliphatic rings. The zero-order chi connectivity index (χ0) is 14.9. The van der Waals surface area contributed by atoms with Crippen molar-refractivity contribution in [3.63, 3.8) is 0 Å². The fraction of sp³-hybridized carbons (Fsp3) is 0.571. The van der Waals surface area contributed by atoms with Crippen molar-refractivity contribution < 1.29 is 18.4 Å². The average molecular weight is 284 g/mol. The van der Waals surface area contributed by atoms with E-state index < -0.39 is 17.7 Å². The third-order valence-corrected chi connectivity index (χ3v) is 3.52. The van der Waals surface area contributed by atoms with Gasteiger partial charge < -0.3 is 0 Å². The topological polar surface area (TPSA) is 42.4 Å². The van der Waals surface area contributed by atoms with Gasteiger partial charge in [-0.15, -0.1) is 0 Å². The Kier molecular flexibility index (Phi) is 4.04. The van der Waals surface area contributed by atoms with Crippen LogP contribution in [0.1, 0.15) is 37.6 Å². The zero-order valence-corrected chi connectivity index (χ0v) is 11.8. The molecule has 2 rings (SSSR count). The SMILES string of the molecule is Cc1ccc([C@@H]2CCON2C(=O)C(C)(C)C(F)F)cn1. The molecule has 1 aromatic heterocycles. The van der Waals surface area contributed by atoms with Gasteiger partial charge in [0.2, 0.25) is 0 Å². The van der Waals surface area contributed by atoms with E-state index in [1.165, 1.54) is 13.8 Å². The van der Waals surface area contributed by atoms with Crippen molar-refractivity contribution in [2.45, 2.75) is 39.7 Å². The molecule has 0 unspecified atom stereocenters. The molecule has 0 saturated carbocycles. The summed E-state index contributed by atoms with van der Waals surface area (Å²) in [6.45, 7) is 4.65. The molecule has 0 bridgehead atoms. The Labute approximate surface area is 116 Å². The summed E-state index contributed by atoms with van der Waals surface area (Å²) in [5.74, 6) is -0.699. The highest BCUT2D eigenvalue weighted by molar-refractivity contribution is 5.82. The first-order chi connectivity index (χ1) is 9.34. The fourth-order valence-electron chi connectivity index (χ4n) is 2.03. The minimum absolute atomic E-state index is 0.337. The van der Waals surface area contributed by atoms with E-state index in [1.54, 1.807) is 6.20 Å². The first kappa shape index (κ1) is 14.8. The summed E-state index contributed by atoms with van der Waals surface area (Å²) in [4.78, 5) is 21.7. The molecule has 4 nitrogen and oxygen atoms in total. The largest absolute Gasteiger partial charge is 0.272 e. The summed E-state index contributed by atoms with van der Waals surface area (Å²) in [5.41, 5.74) is -0.106. The van der Waals surface area contributed by atoms with E-state index in [2.05, 4.69) is 4.98 Å². The van der Waals surface area contributed by atoms with Crippen molar-refractivity contribution in [2.75, 3.05) is 6.61 Å². The van der Waals surface area contributed by atoms with E-state index in [9.17, 15) is 13.6 Å². The Bertz CT molecular complexity index is 488. The smallest absolute Gasteiger partial charge is 0.258 e. The Morgan fingerprint density at radius 2 is 2.20 bits per heavy atom. The van der Waals surface area contributed by atoms with E-state index in [0.717, 1.165) is 16.3 Å². The van der Waals surface area contributed by atoms with E-state index in [-0.39, 0.29) is 6.04 Å². The summed E-state index contributed by atoms with van der Waals surface area (Å²) in [7, 11) is 0. The number of rotatable bonds is 3. The van der Waals surface area contributed by atoms with Crippen molar-refractivity contribution in [3.8, 4) is 0 Å². The van der Waals surface area contributed by atoms with Gasteiger partial charge in [-0.2, -0.15) is 0 Å². The summed E-state index contributed by atoms with van der Waals surface area (Å²) in [5, 5.41) is 1.08. The predicted molar refractivity (Wildman–Crippen MR) is 68.9 cm³/mol. The lowest BCUT2D eigenvalue weighted by Gasteiger charge is -2.30. The molecule has 0 N–H and O–H groups in total. The number of halogens is 2. The molecule has 0 aromatic carbocycles. The molecular formula is C14H18F2N2O2. The highest BCUT2D eigenvalue weighted by atomic mass is 19.3. The number of hydroxylamine groups is 2. The maximum Gasteiger partial charge on any atom is 0.258 e. The molecule has 1 aromatic rings. The van der Waals surface area contributed by atoms with Crippen LogP contribution in [0.4, 0.5) is 8.78 Å². The molecule has 1 atom stereocenters. The van der Waals surface area contributed by atoms with Crippen LogP contribution in [0, 0.1) is 12.3 Å². The van der Waals surface area contributed by atoms with Crippen LogP contribution in [0.2, 0.25) is 0 Å². The molecule has 1 saturated heterocycles. The lowest BCUT2D eigenvalue weighted by Crippen LogP contribution is -2.43. The summed E-state index contributed by atoms with van der Waals surface area (Å²) in [6.07, 6.45) is -0.504. The maximum atomic E-state index is 13.0. The molecular weight excluding hydrogens is 266 g/mol. The van der Waals surface area contributed by atoms with Gasteiger partial charge in [0.1, 0.15) is 5.41 Å². The lowest BCUT2D eigenvalue weighted by molar-refractivity contribution is -0.194. The standard InChI is InChI=1S/C14H18F2N2O2/c1-9-4-5-10(8-17-9)11-6-7-20-18(11)13(19)14(2,3)12(15)16/h4-5,8,11-12H,6-7H2,1-3H3/t11-/m0/s1. The highest BCUT2D eigenvalue weighted by Crippen LogP contribution is 2.36. The third-order valence-electron chi connectivity index (χ3n) is 3.52. The van der Waals surface area contributed by atoms with Crippen LogP contribution in [0.5, 0.6) is 0 Å². The number of alkyl halides is 2. The van der Waals surface area contributed by atoms with Gasteiger partial charge in [-0.25, -0.2) is 13.8 Å². The Morgan fingerprint density at radius 3 is 2.75 bits per heavy atom. The Morgan fingerprint density at radius 1 is 1.50 bits per heavy atom. The Balaban J connectivity index is 2.23. The van der Waals surface area contributed by atoms with Crippen LogP contribution in [-0.2, 0) is 9.63 Å². The second-order valence-corrected chi connectivity index (χ2v) is 5.52. The Hall–Kier alpha value is -1.56. The van der Waals surface area contributed by atoms with E-state index >= 15 is 0 Å². The molecule has 0 radical (unpaired) electrons. The summed E-state index contributed by atoms with van der Waals surface area (Å²) in [6, 6.07) is 3.32. The number of pyridine rings is 1. The summed E-state index contributed by atoms with van der Waals surface area (Å²) < 4.78 is 26.0. The predicted octanol–water partition coefficient (Wildman–Crippen LogP) is 2.89. The molecule has 1 fully saturated rings. The van der Waals surface area contributed by atoms with Gasteiger partial charge in [0.05, 0.1) is 12.6 Å². The monoisotopic (exact) mass is 284 g/mol. The minimum atomic E-state index is -2.74. The molecule has 110 valence electrons.